The second-order valence-corrected chi connectivity index (χ2v) is 5.03. The average molecular weight is 267 g/mol. The number of carbonyl (C=O) groups excluding carboxylic acids is 1. The van der Waals surface area contributed by atoms with Gasteiger partial charge in [0.25, 0.3) is 0 Å². The highest BCUT2D eigenvalue weighted by Gasteiger charge is 2.32. The smallest absolute Gasteiger partial charge is 0.245 e. The monoisotopic (exact) mass is 267 g/mol. The van der Waals surface area contributed by atoms with Gasteiger partial charge in [0.05, 0.1) is 18.9 Å². The van der Waals surface area contributed by atoms with Crippen LogP contribution in [0.25, 0.3) is 0 Å². The van der Waals surface area contributed by atoms with Gasteiger partial charge in [-0.1, -0.05) is 0 Å². The fraction of sp³-hybridized carbons (Fsp3) is 0.667. The molecule has 0 aliphatic carbocycles. The molecule has 1 atom stereocenters. The van der Waals surface area contributed by atoms with Crippen molar-refractivity contribution in [2.24, 2.45) is 7.05 Å². The molecule has 0 aromatic carbocycles. The molecular weight excluding hydrogens is 246 g/mol. The molecule has 0 bridgehead atoms. The fourth-order valence-corrected chi connectivity index (χ4v) is 2.17. The van der Waals surface area contributed by atoms with Crippen molar-refractivity contribution in [1.29, 1.82) is 0 Å². The van der Waals surface area contributed by atoms with Gasteiger partial charge < -0.3 is 20.7 Å². The third-order valence-electron chi connectivity index (χ3n) is 2.97. The minimum atomic E-state index is -0.381. The molecule has 0 saturated carbocycles. The van der Waals surface area contributed by atoms with Gasteiger partial charge in [0.1, 0.15) is 6.04 Å². The first-order valence-electron chi connectivity index (χ1n) is 6.43. The van der Waals surface area contributed by atoms with E-state index < -0.39 is 0 Å². The van der Waals surface area contributed by atoms with Gasteiger partial charge >= 0.3 is 0 Å². The summed E-state index contributed by atoms with van der Waals surface area (Å²) in [4.78, 5) is 14.1. The van der Waals surface area contributed by atoms with Crippen LogP contribution in [0.5, 0.6) is 0 Å². The van der Waals surface area contributed by atoms with Crippen molar-refractivity contribution in [1.82, 2.24) is 15.1 Å². The summed E-state index contributed by atoms with van der Waals surface area (Å²) in [7, 11) is 1.81. The molecule has 1 unspecified atom stereocenters. The number of morpholine rings is 1. The number of amides is 1. The van der Waals surface area contributed by atoms with E-state index in [9.17, 15) is 4.79 Å². The third-order valence-corrected chi connectivity index (χ3v) is 2.97. The Balaban J connectivity index is 2.20. The molecule has 1 aliphatic heterocycles. The second kappa shape index (κ2) is 5.48. The van der Waals surface area contributed by atoms with E-state index >= 15 is 0 Å². The summed E-state index contributed by atoms with van der Waals surface area (Å²) < 4.78 is 7.06. The Morgan fingerprint density at radius 1 is 1.63 bits per heavy atom. The molecule has 1 fully saturated rings. The third kappa shape index (κ3) is 2.98. The molecule has 1 saturated heterocycles. The molecule has 7 nitrogen and oxygen atoms in total. The number of nitrogens with zero attached hydrogens (tertiary/aromatic N) is 3. The number of nitrogens with two attached hydrogens (primary N) is 1. The maximum absolute atomic E-state index is 12.2. The van der Waals surface area contributed by atoms with Crippen LogP contribution in [-0.4, -0.2) is 47.5 Å². The minimum Gasteiger partial charge on any atom is -0.394 e. The molecule has 1 aromatic rings. The van der Waals surface area contributed by atoms with Crippen molar-refractivity contribution in [3.05, 3.63) is 6.20 Å². The summed E-state index contributed by atoms with van der Waals surface area (Å²) in [5.74, 6) is 0.592. The van der Waals surface area contributed by atoms with Gasteiger partial charge in [-0.2, -0.15) is 5.10 Å². The number of nitrogen functional groups attached to an aromatic ring is 1. The quantitative estimate of drug-likeness (QED) is 0.787. The van der Waals surface area contributed by atoms with Gasteiger partial charge in [0.15, 0.2) is 5.82 Å². The number of aromatic nitrogens is 2. The van der Waals surface area contributed by atoms with Crippen LogP contribution in [0.4, 0.5) is 11.5 Å². The van der Waals surface area contributed by atoms with Gasteiger partial charge in [-0.15, -0.1) is 0 Å². The summed E-state index contributed by atoms with van der Waals surface area (Å²) in [5, 5.41) is 7.23. The maximum Gasteiger partial charge on any atom is 0.245 e. The Kier molecular flexibility index (Phi) is 3.94. The largest absolute Gasteiger partial charge is 0.394 e. The van der Waals surface area contributed by atoms with Crippen LogP contribution in [0.3, 0.4) is 0 Å². The lowest BCUT2D eigenvalue weighted by atomic mass is 10.2. The number of aryl methyl sites for hydroxylation is 1. The molecule has 0 spiro atoms. The van der Waals surface area contributed by atoms with Gasteiger partial charge in [-0.25, -0.2) is 0 Å². The van der Waals surface area contributed by atoms with Gasteiger partial charge in [0, 0.05) is 25.8 Å². The molecular formula is C12H21N5O2. The van der Waals surface area contributed by atoms with Crippen LogP contribution in [0.15, 0.2) is 6.20 Å². The van der Waals surface area contributed by atoms with Crippen LogP contribution in [-0.2, 0) is 16.6 Å². The highest BCUT2D eigenvalue weighted by atomic mass is 16.5. The summed E-state index contributed by atoms with van der Waals surface area (Å²) in [6, 6.07) is -0.286. The minimum absolute atomic E-state index is 0.0558. The van der Waals surface area contributed by atoms with E-state index in [1.54, 1.807) is 10.9 Å². The van der Waals surface area contributed by atoms with Crippen LogP contribution in [0.1, 0.15) is 13.8 Å². The lowest BCUT2D eigenvalue weighted by Crippen LogP contribution is -2.55. The summed E-state index contributed by atoms with van der Waals surface area (Å²) in [5.41, 5.74) is 6.51. The van der Waals surface area contributed by atoms with E-state index in [-0.39, 0.29) is 18.0 Å². The van der Waals surface area contributed by atoms with E-state index in [0.29, 0.717) is 31.3 Å². The Morgan fingerprint density at radius 3 is 2.95 bits per heavy atom. The Morgan fingerprint density at radius 2 is 2.37 bits per heavy atom. The predicted octanol–water partition coefficient (Wildman–Crippen LogP) is -0.268. The summed E-state index contributed by atoms with van der Waals surface area (Å²) in [6.45, 7) is 5.40. The van der Waals surface area contributed by atoms with Crippen molar-refractivity contribution in [3.8, 4) is 0 Å². The first kappa shape index (κ1) is 13.7. The molecule has 1 aromatic heterocycles. The molecule has 19 heavy (non-hydrogen) atoms. The topological polar surface area (TPSA) is 85.4 Å². The number of anilines is 2. The molecule has 3 N–H and O–H groups in total. The van der Waals surface area contributed by atoms with E-state index in [1.165, 1.54) is 0 Å². The van der Waals surface area contributed by atoms with Crippen molar-refractivity contribution in [2.45, 2.75) is 25.9 Å². The van der Waals surface area contributed by atoms with Crippen molar-refractivity contribution < 1.29 is 9.53 Å². The number of hydrogen-bond acceptors (Lipinski definition) is 5. The second-order valence-electron chi connectivity index (χ2n) is 5.03. The molecule has 2 rings (SSSR count). The van der Waals surface area contributed by atoms with Gasteiger partial charge in [0.2, 0.25) is 5.91 Å². The zero-order valence-corrected chi connectivity index (χ0v) is 11.6. The molecule has 0 radical (unpaired) electrons. The number of ether oxygens (including phenoxy) is 1. The fourth-order valence-electron chi connectivity index (χ4n) is 2.17. The lowest BCUT2D eigenvalue weighted by molar-refractivity contribution is -0.125. The number of rotatable bonds is 3. The van der Waals surface area contributed by atoms with E-state index in [0.717, 1.165) is 0 Å². The van der Waals surface area contributed by atoms with E-state index in [4.69, 9.17) is 10.5 Å². The highest BCUT2D eigenvalue weighted by molar-refractivity contribution is 5.86. The Hall–Kier alpha value is -1.76. The first-order chi connectivity index (χ1) is 8.99. The first-order valence-corrected chi connectivity index (χ1v) is 6.43. The average Bonchev–Trinajstić information content (AvgIpc) is 2.67. The van der Waals surface area contributed by atoms with Crippen LogP contribution in [0.2, 0.25) is 0 Å². The summed E-state index contributed by atoms with van der Waals surface area (Å²) in [6.07, 6.45) is 1.74. The SMILES string of the molecule is CC(C)NC(=O)C1COCCN1c1nn(C)cc1N. The Bertz CT molecular complexity index is 457. The van der Waals surface area contributed by atoms with E-state index in [1.807, 2.05) is 25.8 Å². The molecule has 7 heteroatoms. The Labute approximate surface area is 112 Å². The highest BCUT2D eigenvalue weighted by Crippen LogP contribution is 2.24. The predicted molar refractivity (Wildman–Crippen MR) is 72.9 cm³/mol. The molecule has 2 heterocycles. The van der Waals surface area contributed by atoms with E-state index in [2.05, 4.69) is 10.4 Å². The van der Waals surface area contributed by atoms with Gasteiger partial charge in [-0.3, -0.25) is 9.48 Å². The zero-order valence-electron chi connectivity index (χ0n) is 11.6. The van der Waals surface area contributed by atoms with Gasteiger partial charge in [-0.05, 0) is 13.8 Å². The van der Waals surface area contributed by atoms with Crippen LogP contribution < -0.4 is 16.0 Å². The maximum atomic E-state index is 12.2. The number of carbonyl (C=O) groups is 1. The number of hydrogen-bond donors (Lipinski definition) is 2. The summed E-state index contributed by atoms with van der Waals surface area (Å²) >= 11 is 0. The lowest BCUT2D eigenvalue weighted by Gasteiger charge is -2.35. The zero-order chi connectivity index (χ0) is 14.0. The normalized spacial score (nSPS) is 19.8. The van der Waals surface area contributed by atoms with Crippen LogP contribution in [0, 0.1) is 0 Å². The molecule has 1 aliphatic rings. The van der Waals surface area contributed by atoms with Crippen molar-refractivity contribution >= 4 is 17.4 Å². The standard InChI is InChI=1S/C12H21N5O2/c1-8(2)14-12(18)10-7-19-5-4-17(10)11-9(13)6-16(3)15-11/h6,8,10H,4-5,7,13H2,1-3H3,(H,14,18). The van der Waals surface area contributed by atoms with Crippen LogP contribution >= 0.6 is 0 Å². The van der Waals surface area contributed by atoms with Crippen molar-refractivity contribution in [3.63, 3.8) is 0 Å². The molecule has 106 valence electrons. The number of nitrogens with one attached hydrogen (secondary N) is 1. The molecule has 1 amide bonds. The van der Waals surface area contributed by atoms with Crippen molar-refractivity contribution in [2.75, 3.05) is 30.4 Å².